The Morgan fingerprint density at radius 1 is 0.810 bits per heavy atom. The fraction of sp³-hybridized carbons (Fsp3) is 0.529. The maximum atomic E-state index is 3.19. The summed E-state index contributed by atoms with van der Waals surface area (Å²) in [4.78, 5) is 0. The summed E-state index contributed by atoms with van der Waals surface area (Å²) in [5.74, 6) is 0. The Bertz CT molecular complexity index is 354. The van der Waals surface area contributed by atoms with Gasteiger partial charge in [0.05, 0.1) is 0 Å². The zero-order valence-electron chi connectivity index (χ0n) is 13.7. The van der Waals surface area contributed by atoms with Gasteiger partial charge in [0, 0.05) is 9.52 Å². The summed E-state index contributed by atoms with van der Waals surface area (Å²) in [5.41, 5.74) is 5.44. The zero-order valence-corrected chi connectivity index (χ0v) is 19.0. The maximum absolute atomic E-state index is 3.19. The van der Waals surface area contributed by atoms with Gasteiger partial charge in [0.25, 0.3) is 0 Å². The van der Waals surface area contributed by atoms with Gasteiger partial charge in [-0.15, -0.1) is 12.8 Å². The van der Waals surface area contributed by atoms with Crippen molar-refractivity contribution in [2.75, 3.05) is 0 Å². The molecule has 0 amide bonds. The third-order valence-corrected chi connectivity index (χ3v) is 5.22. The molecule has 1 aliphatic heterocycles. The Hall–Kier alpha value is 0.640. The third-order valence-electron chi connectivity index (χ3n) is 3.22. The Balaban J connectivity index is -0.000000222. The molecule has 0 aromatic carbocycles. The van der Waals surface area contributed by atoms with Crippen molar-refractivity contribution in [1.82, 2.24) is 0 Å². The van der Waals surface area contributed by atoms with Crippen LogP contribution in [-0.4, -0.2) is 9.52 Å². The average molecular weight is 421 g/mol. The van der Waals surface area contributed by atoms with Crippen LogP contribution in [0, 0.1) is 12.2 Å². The molecule has 116 valence electrons. The topological polar surface area (TPSA) is 0 Å². The van der Waals surface area contributed by atoms with Crippen molar-refractivity contribution in [3.63, 3.8) is 0 Å². The van der Waals surface area contributed by atoms with E-state index in [1.54, 1.807) is 18.5 Å². The molecule has 3 rings (SSSR count). The van der Waals surface area contributed by atoms with Crippen molar-refractivity contribution in [2.45, 2.75) is 59.0 Å². The molecule has 0 unspecified atom stereocenters. The predicted molar refractivity (Wildman–Crippen MR) is 84.4 cm³/mol. The first kappa shape index (κ1) is 26.5. The molecule has 0 radical (unpaired) electrons. The van der Waals surface area contributed by atoms with E-state index in [0.29, 0.717) is 9.52 Å². The first-order chi connectivity index (χ1) is 8.58. The summed E-state index contributed by atoms with van der Waals surface area (Å²) in [6.45, 7) is 8.42. The predicted octanol–water partition coefficient (Wildman–Crippen LogP) is -1.43. The Morgan fingerprint density at radius 2 is 1.10 bits per heavy atom. The van der Waals surface area contributed by atoms with E-state index in [-0.39, 0.29) is 51.0 Å². The quantitative estimate of drug-likeness (QED) is 0.333. The summed E-state index contributed by atoms with van der Waals surface area (Å²) >= 11 is 0. The van der Waals surface area contributed by atoms with Crippen molar-refractivity contribution in [3.8, 4) is 0 Å². The van der Waals surface area contributed by atoms with Crippen LogP contribution < -0.4 is 24.8 Å². The SMILES string of the molecule is C1C[SiH2]C1.CC1=[C-]CC(C)=C1.CC1=[C-]CC(C)=C1.[Cl-].[Cl-].[Zr+4]. The van der Waals surface area contributed by atoms with Crippen LogP contribution in [0.2, 0.25) is 12.1 Å². The van der Waals surface area contributed by atoms with Crippen LogP contribution in [0.1, 0.15) is 47.0 Å². The summed E-state index contributed by atoms with van der Waals surface area (Å²) in [7, 11) is 0.605. The molecule has 1 fully saturated rings. The molecule has 0 bridgehead atoms. The van der Waals surface area contributed by atoms with Crippen molar-refractivity contribution in [2.24, 2.45) is 0 Å². The summed E-state index contributed by atoms with van der Waals surface area (Å²) < 4.78 is 0. The molecule has 0 nitrogen and oxygen atoms in total. The van der Waals surface area contributed by atoms with E-state index in [4.69, 9.17) is 0 Å². The summed E-state index contributed by atoms with van der Waals surface area (Å²) in [6, 6.07) is 3.28. The monoisotopic (exact) mass is 418 g/mol. The van der Waals surface area contributed by atoms with Gasteiger partial charge in [-0.2, -0.15) is 11.1 Å². The van der Waals surface area contributed by atoms with Crippen LogP contribution in [0.3, 0.4) is 0 Å². The van der Waals surface area contributed by atoms with Gasteiger partial charge in [0.1, 0.15) is 0 Å². The third kappa shape index (κ3) is 14.0. The number of hydrogen-bond donors (Lipinski definition) is 0. The van der Waals surface area contributed by atoms with Gasteiger partial charge in [-0.1, -0.05) is 46.2 Å². The number of halogens is 2. The fourth-order valence-corrected chi connectivity index (χ4v) is 2.25. The van der Waals surface area contributed by atoms with Crippen molar-refractivity contribution in [3.05, 3.63) is 46.6 Å². The molecule has 0 saturated carbocycles. The first-order valence-corrected chi connectivity index (χ1v) is 9.07. The second-order valence-corrected chi connectivity index (χ2v) is 7.59. The minimum Gasteiger partial charge on any atom is -1.00 e. The van der Waals surface area contributed by atoms with Crippen LogP contribution in [-0.2, 0) is 26.2 Å². The van der Waals surface area contributed by atoms with Crippen molar-refractivity contribution in [1.29, 1.82) is 0 Å². The molecular weight excluding hydrogens is 394 g/mol. The van der Waals surface area contributed by atoms with Gasteiger partial charge < -0.3 is 24.8 Å². The van der Waals surface area contributed by atoms with Crippen LogP contribution in [0.4, 0.5) is 0 Å². The summed E-state index contributed by atoms with van der Waals surface area (Å²) in [6.07, 6.45) is 14.4. The van der Waals surface area contributed by atoms with E-state index in [1.165, 1.54) is 22.3 Å². The van der Waals surface area contributed by atoms with Gasteiger partial charge >= 0.3 is 26.2 Å². The molecular formula is C17H26Cl2SiZr. The number of hydrogen-bond acceptors (Lipinski definition) is 0. The molecule has 0 aromatic heterocycles. The van der Waals surface area contributed by atoms with E-state index in [9.17, 15) is 0 Å². The molecule has 0 spiro atoms. The zero-order chi connectivity index (χ0) is 13.4. The van der Waals surface area contributed by atoms with Gasteiger partial charge in [-0.05, 0) is 0 Å². The molecule has 0 atom stereocenters. The smallest absolute Gasteiger partial charge is 1.00 e. The molecule has 3 aliphatic rings. The van der Waals surface area contributed by atoms with E-state index < -0.39 is 0 Å². The van der Waals surface area contributed by atoms with E-state index in [2.05, 4.69) is 52.0 Å². The molecule has 4 heteroatoms. The molecule has 1 heterocycles. The normalized spacial score (nSPS) is 17.3. The van der Waals surface area contributed by atoms with Crippen LogP contribution in [0.15, 0.2) is 34.4 Å². The van der Waals surface area contributed by atoms with Crippen LogP contribution in [0.5, 0.6) is 0 Å². The number of rotatable bonds is 0. The van der Waals surface area contributed by atoms with E-state index in [1.807, 2.05) is 0 Å². The van der Waals surface area contributed by atoms with Gasteiger partial charge in [0.15, 0.2) is 0 Å². The standard InChI is InChI=1S/2C7H9.C3H8Si.2ClH.Zr/c2*1-6-3-4-7(2)5-6;1-2-4-3-1;;;/h2*5H,3H2,1-2H3;1-4H2;2*1H;/q2*-1;;;;+4/p-2. The average Bonchev–Trinajstić information content (AvgIpc) is 2.74. The van der Waals surface area contributed by atoms with E-state index >= 15 is 0 Å². The number of allylic oxidation sites excluding steroid dienone is 8. The van der Waals surface area contributed by atoms with Crippen LogP contribution in [0.25, 0.3) is 0 Å². The first-order valence-electron chi connectivity index (χ1n) is 7.07. The Labute approximate surface area is 165 Å². The van der Waals surface area contributed by atoms with Crippen molar-refractivity contribution < 1.29 is 51.0 Å². The Kier molecular flexibility index (Phi) is 19.6. The van der Waals surface area contributed by atoms with Crippen LogP contribution >= 0.6 is 0 Å². The largest absolute Gasteiger partial charge is 4.00 e. The second-order valence-electron chi connectivity index (χ2n) is 5.47. The van der Waals surface area contributed by atoms with Gasteiger partial charge in [-0.3, -0.25) is 12.2 Å². The Morgan fingerprint density at radius 3 is 1.14 bits per heavy atom. The molecule has 21 heavy (non-hydrogen) atoms. The van der Waals surface area contributed by atoms with Gasteiger partial charge in [0.2, 0.25) is 0 Å². The fourth-order valence-electron chi connectivity index (χ4n) is 1.75. The van der Waals surface area contributed by atoms with E-state index in [0.717, 1.165) is 12.8 Å². The molecule has 0 aromatic rings. The molecule has 0 N–H and O–H groups in total. The minimum atomic E-state index is 0. The maximum Gasteiger partial charge on any atom is 4.00 e. The molecule has 2 aliphatic carbocycles. The minimum absolute atomic E-state index is 0. The second kappa shape index (κ2) is 15.5. The summed E-state index contributed by atoms with van der Waals surface area (Å²) in [5, 5.41) is 0. The van der Waals surface area contributed by atoms with Crippen molar-refractivity contribution >= 4 is 9.52 Å². The molecule has 1 saturated heterocycles. The van der Waals surface area contributed by atoms with Gasteiger partial charge in [-0.25, -0.2) is 23.3 Å².